The van der Waals surface area contributed by atoms with Gasteiger partial charge in [-0.15, -0.1) is 0 Å². The highest BCUT2D eigenvalue weighted by Gasteiger charge is 2.26. The molecule has 17 heavy (non-hydrogen) atoms. The van der Waals surface area contributed by atoms with Crippen LogP contribution in [-0.2, 0) is 0 Å². The largest absolute Gasteiger partial charge is 0.426 e. The summed E-state index contributed by atoms with van der Waals surface area (Å²) in [5.74, 6) is 0. The molecule has 0 fully saturated rings. The molecule has 0 heterocycles. The normalized spacial score (nSPS) is 12.6. The molecule has 2 radical (unpaired) electrons. The maximum Gasteiger partial charge on any atom is 0.171 e. The van der Waals surface area contributed by atoms with Crippen LogP contribution in [0.3, 0.4) is 0 Å². The van der Waals surface area contributed by atoms with E-state index in [-0.39, 0.29) is 0 Å². The van der Waals surface area contributed by atoms with Crippen molar-refractivity contribution < 1.29 is 0 Å². The Labute approximate surface area is 110 Å². The van der Waals surface area contributed by atoms with Crippen molar-refractivity contribution in [3.63, 3.8) is 0 Å². The van der Waals surface area contributed by atoms with Gasteiger partial charge in [0.15, 0.2) is 9.68 Å². The highest BCUT2D eigenvalue weighted by atomic mass is 28.4. The van der Waals surface area contributed by atoms with E-state index < -0.39 is 8.24 Å². The lowest BCUT2D eigenvalue weighted by Crippen LogP contribution is -2.49. The topological polar surface area (TPSA) is 3.24 Å². The molecule has 0 unspecified atom stereocenters. The van der Waals surface area contributed by atoms with Gasteiger partial charge in [-0.3, -0.25) is 0 Å². The Balaban J connectivity index is 2.83. The molecule has 0 aromatic heterocycles. The van der Waals surface area contributed by atoms with Crippen molar-refractivity contribution in [2.75, 3.05) is 4.23 Å². The molecule has 3 heteroatoms. The molecule has 0 N–H and O–H groups in total. The summed E-state index contributed by atoms with van der Waals surface area (Å²) < 4.78 is 2.66. The van der Waals surface area contributed by atoms with E-state index >= 15 is 0 Å². The van der Waals surface area contributed by atoms with Crippen LogP contribution >= 0.6 is 0 Å². The van der Waals surface area contributed by atoms with E-state index in [1.807, 2.05) is 0 Å². The maximum atomic E-state index is 2.66. The first kappa shape index (κ1) is 14.5. The Morgan fingerprint density at radius 1 is 1.06 bits per heavy atom. The molecule has 0 atom stereocenters. The molecule has 0 aliphatic heterocycles. The summed E-state index contributed by atoms with van der Waals surface area (Å²) in [5, 5.41) is 0. The molecule has 94 valence electrons. The Morgan fingerprint density at radius 2 is 1.59 bits per heavy atom. The maximum absolute atomic E-state index is 2.66. The summed E-state index contributed by atoms with van der Waals surface area (Å²) in [5.41, 5.74) is 1.82. The molecule has 0 saturated carbocycles. The number of anilines is 1. The number of hydrogen-bond donors (Lipinski definition) is 0. The van der Waals surface area contributed by atoms with Crippen LogP contribution in [0, 0.1) is 5.41 Å². The minimum absolute atomic E-state index is 0.422. The third-order valence-electron chi connectivity index (χ3n) is 2.45. The van der Waals surface area contributed by atoms with Gasteiger partial charge in [0.2, 0.25) is 0 Å². The molecule has 1 aromatic carbocycles. The fraction of sp³-hybridized carbons (Fsp3) is 0.571. The summed E-state index contributed by atoms with van der Waals surface area (Å²) in [6.45, 7) is 14.3. The Morgan fingerprint density at radius 3 is 2.00 bits per heavy atom. The summed E-state index contributed by atoms with van der Waals surface area (Å²) in [6.07, 6.45) is 0. The average Bonchev–Trinajstić information content (AvgIpc) is 2.15. The van der Waals surface area contributed by atoms with E-state index in [9.17, 15) is 0 Å². The van der Waals surface area contributed by atoms with Gasteiger partial charge in [-0.25, -0.2) is 0 Å². The van der Waals surface area contributed by atoms with E-state index in [2.05, 4.69) is 75.0 Å². The van der Waals surface area contributed by atoms with Crippen LogP contribution in [0.4, 0.5) is 5.69 Å². The highest BCUT2D eigenvalue weighted by molar-refractivity contribution is 6.88. The van der Waals surface area contributed by atoms with E-state index in [0.717, 1.165) is 9.68 Å². The van der Waals surface area contributed by atoms with Crippen molar-refractivity contribution in [2.45, 2.75) is 46.5 Å². The van der Waals surface area contributed by atoms with Crippen molar-refractivity contribution in [2.24, 2.45) is 5.41 Å². The van der Waals surface area contributed by atoms with Gasteiger partial charge in [0.1, 0.15) is 8.24 Å². The first-order valence-electron chi connectivity index (χ1n) is 6.29. The second-order valence-electron chi connectivity index (χ2n) is 6.74. The third-order valence-corrected chi connectivity index (χ3v) is 8.33. The first-order valence-corrected chi connectivity index (χ1v) is 10.9. The van der Waals surface area contributed by atoms with Gasteiger partial charge in [0, 0.05) is 5.69 Å². The van der Waals surface area contributed by atoms with Crippen LogP contribution in [0.1, 0.15) is 20.8 Å². The molecule has 1 aromatic rings. The average molecular weight is 264 g/mol. The smallest absolute Gasteiger partial charge is 0.171 e. The molecule has 1 rings (SSSR count). The van der Waals surface area contributed by atoms with Gasteiger partial charge in [-0.1, -0.05) is 58.6 Å². The van der Waals surface area contributed by atoms with Crippen molar-refractivity contribution in [3.05, 3.63) is 30.3 Å². The molecular formula is C14H25NSi2. The standard InChI is InChI=1S/C14H25NSi2/c1-14(2,3)12-16-15(17(4,5)6)13-10-8-7-9-11-13/h7-11H,12H2,1-6H3. The number of hydrogen-bond acceptors (Lipinski definition) is 1. The van der Waals surface area contributed by atoms with Crippen molar-refractivity contribution in [1.82, 2.24) is 0 Å². The third kappa shape index (κ3) is 5.09. The zero-order chi connectivity index (χ0) is 13.1. The van der Waals surface area contributed by atoms with Gasteiger partial charge >= 0.3 is 0 Å². The highest BCUT2D eigenvalue weighted by Crippen LogP contribution is 2.25. The van der Waals surface area contributed by atoms with Crippen LogP contribution in [-0.4, -0.2) is 17.9 Å². The molecule has 0 saturated heterocycles. The van der Waals surface area contributed by atoms with E-state index in [4.69, 9.17) is 0 Å². The van der Waals surface area contributed by atoms with Gasteiger partial charge in [0.05, 0.1) is 0 Å². The van der Waals surface area contributed by atoms with Crippen molar-refractivity contribution in [1.29, 1.82) is 0 Å². The van der Waals surface area contributed by atoms with Crippen LogP contribution in [0.25, 0.3) is 0 Å². The monoisotopic (exact) mass is 263 g/mol. The summed E-state index contributed by atoms with van der Waals surface area (Å²) in [6, 6.07) is 12.1. The zero-order valence-electron chi connectivity index (χ0n) is 12.0. The number of nitrogens with zero attached hydrogens (tertiary/aromatic N) is 1. The van der Waals surface area contributed by atoms with Crippen molar-refractivity contribution in [3.8, 4) is 0 Å². The lowest BCUT2D eigenvalue weighted by Gasteiger charge is -2.37. The Bertz CT molecular complexity index is 335. The summed E-state index contributed by atoms with van der Waals surface area (Å²) >= 11 is 0. The zero-order valence-corrected chi connectivity index (χ0v) is 14.0. The van der Waals surface area contributed by atoms with Gasteiger partial charge in [-0.05, 0) is 23.6 Å². The lowest BCUT2D eigenvalue weighted by molar-refractivity contribution is 0.466. The van der Waals surface area contributed by atoms with E-state index in [1.165, 1.54) is 11.7 Å². The molecule has 0 amide bonds. The number of rotatable bonds is 4. The first-order chi connectivity index (χ1) is 7.70. The fourth-order valence-electron chi connectivity index (χ4n) is 1.61. The Kier molecular flexibility index (Phi) is 4.61. The number of para-hydroxylation sites is 1. The molecule has 0 aliphatic carbocycles. The quantitative estimate of drug-likeness (QED) is 0.727. The fourth-order valence-corrected chi connectivity index (χ4v) is 5.63. The van der Waals surface area contributed by atoms with Crippen LogP contribution in [0.5, 0.6) is 0 Å². The van der Waals surface area contributed by atoms with Crippen LogP contribution < -0.4 is 4.23 Å². The summed E-state index contributed by atoms with van der Waals surface area (Å²) in [4.78, 5) is 0. The van der Waals surface area contributed by atoms with E-state index in [1.54, 1.807) is 0 Å². The molecule has 0 bridgehead atoms. The minimum Gasteiger partial charge on any atom is -0.426 e. The Hall–Kier alpha value is -0.546. The minimum atomic E-state index is -1.28. The van der Waals surface area contributed by atoms with E-state index in [0.29, 0.717) is 5.41 Å². The second kappa shape index (κ2) is 5.40. The predicted octanol–water partition coefficient (Wildman–Crippen LogP) is 4.41. The molecule has 0 aliphatic rings. The van der Waals surface area contributed by atoms with Crippen molar-refractivity contribution >= 4 is 23.6 Å². The van der Waals surface area contributed by atoms with Crippen LogP contribution in [0.15, 0.2) is 30.3 Å². The van der Waals surface area contributed by atoms with Gasteiger partial charge in [-0.2, -0.15) is 0 Å². The second-order valence-corrected chi connectivity index (χ2v) is 13.1. The number of benzene rings is 1. The van der Waals surface area contributed by atoms with Gasteiger partial charge in [0.25, 0.3) is 0 Å². The van der Waals surface area contributed by atoms with Crippen LogP contribution in [0.2, 0.25) is 25.7 Å². The lowest BCUT2D eigenvalue weighted by atomic mass is 10.0. The summed E-state index contributed by atoms with van der Waals surface area (Å²) in [7, 11) is -0.383. The predicted molar refractivity (Wildman–Crippen MR) is 82.3 cm³/mol. The SMILES string of the molecule is CC(C)(C)C[Si]N(c1ccccc1)[Si](C)(C)C. The molecule has 1 nitrogen and oxygen atoms in total. The molecule has 0 spiro atoms. The van der Waals surface area contributed by atoms with Gasteiger partial charge < -0.3 is 4.23 Å². The molecular weight excluding hydrogens is 238 g/mol.